The Labute approximate surface area is 101 Å². The fourth-order valence-corrected chi connectivity index (χ4v) is 2.28. The molecule has 17 heavy (non-hydrogen) atoms. The number of hydrogen-bond acceptors (Lipinski definition) is 2. The number of likely N-dealkylation sites (tertiary alicyclic amines) is 1. The number of hydrogen-bond donors (Lipinski definition) is 0. The van der Waals surface area contributed by atoms with Crippen molar-refractivity contribution in [3.63, 3.8) is 0 Å². The molecule has 1 saturated heterocycles. The summed E-state index contributed by atoms with van der Waals surface area (Å²) in [6.45, 7) is 2.40. The van der Waals surface area contributed by atoms with E-state index < -0.39 is 0 Å². The minimum absolute atomic E-state index is 0.0978. The Hall–Kier alpha value is -1.64. The lowest BCUT2D eigenvalue weighted by atomic mass is 10.1. The predicted molar refractivity (Wildman–Crippen MR) is 65.3 cm³/mol. The first-order valence-corrected chi connectivity index (χ1v) is 6.08. The number of amides is 1. The first-order valence-electron chi connectivity index (χ1n) is 6.08. The van der Waals surface area contributed by atoms with Gasteiger partial charge in [0.1, 0.15) is 0 Å². The molecule has 0 radical (unpaired) electrons. The van der Waals surface area contributed by atoms with Crippen LogP contribution in [0.3, 0.4) is 0 Å². The molecule has 0 aliphatic carbocycles. The van der Waals surface area contributed by atoms with Crippen LogP contribution in [-0.2, 0) is 16.1 Å². The van der Waals surface area contributed by atoms with Crippen LogP contribution in [0.15, 0.2) is 30.3 Å². The van der Waals surface area contributed by atoms with E-state index in [2.05, 4.69) is 0 Å². The van der Waals surface area contributed by atoms with Gasteiger partial charge in [0.15, 0.2) is 5.78 Å². The summed E-state index contributed by atoms with van der Waals surface area (Å²) >= 11 is 0. The quantitative estimate of drug-likeness (QED) is 0.796. The van der Waals surface area contributed by atoms with Gasteiger partial charge in [-0.3, -0.25) is 9.59 Å². The molecule has 1 fully saturated rings. The fraction of sp³-hybridized carbons (Fsp3) is 0.429. The molecule has 0 saturated carbocycles. The van der Waals surface area contributed by atoms with E-state index in [0.29, 0.717) is 25.8 Å². The topological polar surface area (TPSA) is 37.4 Å². The van der Waals surface area contributed by atoms with Crippen LogP contribution in [0, 0.1) is 0 Å². The Morgan fingerprint density at radius 2 is 2.06 bits per heavy atom. The average Bonchev–Trinajstić information content (AvgIpc) is 2.72. The summed E-state index contributed by atoms with van der Waals surface area (Å²) in [5.74, 6) is 0.271. The lowest BCUT2D eigenvalue weighted by Crippen LogP contribution is -2.37. The van der Waals surface area contributed by atoms with Crippen LogP contribution < -0.4 is 0 Å². The van der Waals surface area contributed by atoms with Gasteiger partial charge in [-0.05, 0) is 12.0 Å². The maximum atomic E-state index is 11.8. The van der Waals surface area contributed by atoms with Gasteiger partial charge in [-0.2, -0.15) is 0 Å². The van der Waals surface area contributed by atoms with Gasteiger partial charge < -0.3 is 4.90 Å². The molecule has 1 amide bonds. The average molecular weight is 231 g/mol. The molecular formula is C14H17NO2. The molecule has 1 heterocycles. The predicted octanol–water partition coefficient (Wildman–Crippen LogP) is 2.16. The molecule has 1 aliphatic rings. The molecule has 0 unspecified atom stereocenters. The minimum Gasteiger partial charge on any atom is -0.328 e. The molecule has 0 N–H and O–H groups in total. The van der Waals surface area contributed by atoms with Gasteiger partial charge >= 0.3 is 0 Å². The highest BCUT2D eigenvalue weighted by Gasteiger charge is 2.34. The maximum absolute atomic E-state index is 11.8. The van der Waals surface area contributed by atoms with Crippen molar-refractivity contribution in [1.82, 2.24) is 4.90 Å². The molecule has 1 atom stereocenters. The summed E-state index contributed by atoms with van der Waals surface area (Å²) in [6, 6.07) is 9.62. The van der Waals surface area contributed by atoms with Crippen LogP contribution in [0.2, 0.25) is 0 Å². The van der Waals surface area contributed by atoms with E-state index in [1.54, 1.807) is 4.90 Å². The summed E-state index contributed by atoms with van der Waals surface area (Å²) in [4.78, 5) is 25.3. The van der Waals surface area contributed by atoms with E-state index in [1.807, 2.05) is 37.3 Å². The number of benzene rings is 1. The van der Waals surface area contributed by atoms with E-state index in [9.17, 15) is 9.59 Å². The highest BCUT2D eigenvalue weighted by Crippen LogP contribution is 2.22. The second-order valence-corrected chi connectivity index (χ2v) is 4.38. The maximum Gasteiger partial charge on any atom is 0.223 e. The minimum atomic E-state index is -0.201. The number of nitrogens with zero attached hydrogens (tertiary/aromatic N) is 1. The third-order valence-corrected chi connectivity index (χ3v) is 3.24. The number of carbonyl (C=O) groups excluding carboxylic acids is 2. The molecule has 0 spiro atoms. The lowest BCUT2D eigenvalue weighted by molar-refractivity contribution is -0.134. The largest absolute Gasteiger partial charge is 0.328 e. The Bertz CT molecular complexity index is 413. The van der Waals surface area contributed by atoms with Crippen molar-refractivity contribution < 1.29 is 9.59 Å². The highest BCUT2D eigenvalue weighted by molar-refractivity contribution is 5.91. The van der Waals surface area contributed by atoms with Crippen LogP contribution in [0.4, 0.5) is 0 Å². The number of carbonyl (C=O) groups is 2. The van der Waals surface area contributed by atoms with Crippen LogP contribution in [0.5, 0.6) is 0 Å². The zero-order valence-corrected chi connectivity index (χ0v) is 10.1. The summed E-state index contributed by atoms with van der Waals surface area (Å²) in [7, 11) is 0. The standard InChI is InChI=1S/C14H17NO2/c1-2-13(16)12-8-9-14(17)15(12)10-11-6-4-3-5-7-11/h3-7,12H,2,8-10H2,1H3/t12-/m0/s1. The van der Waals surface area contributed by atoms with Crippen LogP contribution in [-0.4, -0.2) is 22.6 Å². The summed E-state index contributed by atoms with van der Waals surface area (Å²) in [5, 5.41) is 0. The molecule has 1 aromatic carbocycles. The highest BCUT2D eigenvalue weighted by atomic mass is 16.2. The first kappa shape index (κ1) is 11.8. The number of ketones is 1. The van der Waals surface area contributed by atoms with Crippen molar-refractivity contribution in [2.24, 2.45) is 0 Å². The van der Waals surface area contributed by atoms with Crippen molar-refractivity contribution in [2.75, 3.05) is 0 Å². The Morgan fingerprint density at radius 3 is 2.71 bits per heavy atom. The Morgan fingerprint density at radius 1 is 1.35 bits per heavy atom. The van der Waals surface area contributed by atoms with Crippen molar-refractivity contribution in [2.45, 2.75) is 38.8 Å². The third-order valence-electron chi connectivity index (χ3n) is 3.24. The van der Waals surface area contributed by atoms with Gasteiger partial charge in [0, 0.05) is 19.4 Å². The van der Waals surface area contributed by atoms with Gasteiger partial charge in [0.25, 0.3) is 0 Å². The van der Waals surface area contributed by atoms with Crippen molar-refractivity contribution >= 4 is 11.7 Å². The van der Waals surface area contributed by atoms with Gasteiger partial charge in [-0.1, -0.05) is 37.3 Å². The number of Topliss-reactive ketones (excluding diaryl/α,β-unsaturated/α-hetero) is 1. The van der Waals surface area contributed by atoms with Crippen molar-refractivity contribution in [3.05, 3.63) is 35.9 Å². The second kappa shape index (κ2) is 5.13. The Kier molecular flexibility index (Phi) is 3.57. The molecule has 1 aliphatic heterocycles. The molecule has 90 valence electrons. The van der Waals surface area contributed by atoms with Gasteiger partial charge in [0.2, 0.25) is 5.91 Å². The number of rotatable bonds is 4. The summed E-state index contributed by atoms with van der Waals surface area (Å²) in [6.07, 6.45) is 1.69. The van der Waals surface area contributed by atoms with E-state index in [0.717, 1.165) is 5.56 Å². The summed E-state index contributed by atoms with van der Waals surface area (Å²) in [5.41, 5.74) is 1.08. The van der Waals surface area contributed by atoms with Gasteiger partial charge in [-0.25, -0.2) is 0 Å². The normalized spacial score (nSPS) is 19.7. The Balaban J connectivity index is 2.12. The SMILES string of the molecule is CCC(=O)[C@@H]1CCC(=O)N1Cc1ccccc1. The fourth-order valence-electron chi connectivity index (χ4n) is 2.28. The smallest absolute Gasteiger partial charge is 0.223 e. The lowest BCUT2D eigenvalue weighted by Gasteiger charge is -2.23. The van der Waals surface area contributed by atoms with E-state index in [1.165, 1.54) is 0 Å². The molecule has 2 rings (SSSR count). The monoisotopic (exact) mass is 231 g/mol. The zero-order chi connectivity index (χ0) is 12.3. The third kappa shape index (κ3) is 2.54. The van der Waals surface area contributed by atoms with Crippen LogP contribution in [0.1, 0.15) is 31.7 Å². The zero-order valence-electron chi connectivity index (χ0n) is 10.1. The molecular weight excluding hydrogens is 214 g/mol. The van der Waals surface area contributed by atoms with Crippen LogP contribution in [0.25, 0.3) is 0 Å². The van der Waals surface area contributed by atoms with E-state index >= 15 is 0 Å². The molecule has 3 nitrogen and oxygen atoms in total. The van der Waals surface area contributed by atoms with E-state index in [-0.39, 0.29) is 17.7 Å². The van der Waals surface area contributed by atoms with Gasteiger partial charge in [-0.15, -0.1) is 0 Å². The first-order chi connectivity index (χ1) is 8.22. The molecule has 0 aromatic heterocycles. The van der Waals surface area contributed by atoms with Crippen LogP contribution >= 0.6 is 0 Å². The van der Waals surface area contributed by atoms with Crippen molar-refractivity contribution in [3.8, 4) is 0 Å². The molecule has 0 bridgehead atoms. The summed E-state index contributed by atoms with van der Waals surface area (Å²) < 4.78 is 0. The van der Waals surface area contributed by atoms with E-state index in [4.69, 9.17) is 0 Å². The van der Waals surface area contributed by atoms with Crippen molar-refractivity contribution in [1.29, 1.82) is 0 Å². The second-order valence-electron chi connectivity index (χ2n) is 4.38. The molecule has 3 heteroatoms. The van der Waals surface area contributed by atoms with Gasteiger partial charge in [0.05, 0.1) is 6.04 Å². The molecule has 1 aromatic rings.